The summed E-state index contributed by atoms with van der Waals surface area (Å²) in [6, 6.07) is -0.796. The van der Waals surface area contributed by atoms with Crippen molar-refractivity contribution in [3.05, 3.63) is 0 Å². The molecule has 0 rings (SSSR count). The van der Waals surface area contributed by atoms with Crippen LogP contribution < -0.4 is 10.2 Å². The zero-order chi connectivity index (χ0) is 52.0. The predicted molar refractivity (Wildman–Crippen MR) is 307 cm³/mol. The quantitative estimate of drug-likeness (QED) is 0.0357. The van der Waals surface area contributed by atoms with Crippen molar-refractivity contribution in [1.29, 1.82) is 0 Å². The van der Waals surface area contributed by atoms with Gasteiger partial charge in [-0.05, 0) is 12.8 Å². The van der Waals surface area contributed by atoms with E-state index in [9.17, 15) is 19.4 Å². The molecule has 0 saturated carbocycles. The van der Waals surface area contributed by atoms with Gasteiger partial charge in [-0.1, -0.05) is 322 Å². The Balaban J connectivity index is 4.06. The fraction of sp³-hybridized carbons (Fsp3) is 0.984. The van der Waals surface area contributed by atoms with E-state index in [-0.39, 0.29) is 19.1 Å². The van der Waals surface area contributed by atoms with Crippen molar-refractivity contribution in [2.75, 3.05) is 40.9 Å². The second kappa shape index (κ2) is 54.3. The molecule has 2 N–H and O–H groups in total. The van der Waals surface area contributed by atoms with Crippen molar-refractivity contribution in [3.63, 3.8) is 0 Å². The van der Waals surface area contributed by atoms with E-state index >= 15 is 0 Å². The second-order valence-electron chi connectivity index (χ2n) is 23.5. The highest BCUT2D eigenvalue weighted by molar-refractivity contribution is 7.45. The van der Waals surface area contributed by atoms with Crippen LogP contribution >= 0.6 is 7.82 Å². The normalized spacial score (nSPS) is 13.7. The molecule has 0 radical (unpaired) electrons. The molecule has 426 valence electrons. The highest BCUT2D eigenvalue weighted by Gasteiger charge is 2.24. The van der Waals surface area contributed by atoms with Crippen LogP contribution in [0.3, 0.4) is 0 Å². The maximum atomic E-state index is 13.0. The summed E-state index contributed by atoms with van der Waals surface area (Å²) in [5.41, 5.74) is 0. The summed E-state index contributed by atoms with van der Waals surface area (Å²) in [5.74, 6) is -0.155. The molecule has 3 unspecified atom stereocenters. The average Bonchev–Trinajstić information content (AvgIpc) is 3.33. The number of phosphoric ester groups is 1. The van der Waals surface area contributed by atoms with Crippen LogP contribution in [-0.4, -0.2) is 68.5 Å². The summed E-state index contributed by atoms with van der Waals surface area (Å²) in [6.07, 6.45) is 65.8. The summed E-state index contributed by atoms with van der Waals surface area (Å²) >= 11 is 0. The molecule has 0 bridgehead atoms. The molecule has 0 aliphatic carbocycles. The van der Waals surface area contributed by atoms with Gasteiger partial charge in [-0.3, -0.25) is 9.36 Å². The van der Waals surface area contributed by atoms with Crippen molar-refractivity contribution >= 4 is 13.7 Å². The Morgan fingerprint density at radius 2 is 0.690 bits per heavy atom. The Morgan fingerprint density at radius 3 is 0.958 bits per heavy atom. The third-order valence-electron chi connectivity index (χ3n) is 15.1. The number of nitrogens with zero attached hydrogens (tertiary/aromatic N) is 1. The SMILES string of the molecule is CCCCCCCCCCCCCCCCCCCCCCCCCCCC(O)C(COP(=O)([O-])OCC[N+](C)(C)C)NC(=O)CCCCCCCCCCCCCCCCCCCCCCCCCC. The molecule has 0 aliphatic heterocycles. The third-order valence-corrected chi connectivity index (χ3v) is 16.1. The zero-order valence-electron chi connectivity index (χ0n) is 48.7. The molecule has 0 aliphatic rings. The first-order valence-corrected chi connectivity index (χ1v) is 33.3. The molecule has 0 spiro atoms. The van der Waals surface area contributed by atoms with Gasteiger partial charge in [-0.15, -0.1) is 0 Å². The second-order valence-corrected chi connectivity index (χ2v) is 24.9. The van der Waals surface area contributed by atoms with Gasteiger partial charge < -0.3 is 28.8 Å². The number of phosphoric acid groups is 1. The van der Waals surface area contributed by atoms with Crippen molar-refractivity contribution in [3.8, 4) is 0 Å². The highest BCUT2D eigenvalue weighted by atomic mass is 31.2. The Kier molecular flexibility index (Phi) is 53.9. The first-order chi connectivity index (χ1) is 34.5. The van der Waals surface area contributed by atoms with Gasteiger partial charge in [0.05, 0.1) is 39.9 Å². The van der Waals surface area contributed by atoms with E-state index in [0.29, 0.717) is 23.9 Å². The number of likely N-dealkylation sites (N-methyl/N-ethyl adjacent to an activating group) is 1. The average molecular weight is 1030 g/mol. The van der Waals surface area contributed by atoms with E-state index in [1.165, 1.54) is 276 Å². The maximum Gasteiger partial charge on any atom is 0.268 e. The number of aliphatic hydroxyl groups is 1. The zero-order valence-corrected chi connectivity index (χ0v) is 49.6. The minimum absolute atomic E-state index is 0.0169. The molecule has 0 fully saturated rings. The van der Waals surface area contributed by atoms with Crippen LogP contribution in [0.4, 0.5) is 0 Å². The lowest BCUT2D eigenvalue weighted by Gasteiger charge is -2.30. The smallest absolute Gasteiger partial charge is 0.268 e. The Labute approximate surface area is 444 Å². The standard InChI is InChI=1S/C62H127N2O6P/c1-6-8-10-12-14-16-18-20-22-24-26-28-30-32-33-35-37-39-41-43-45-47-49-51-53-55-61(65)60(59-70-71(67,68)69-58-57-64(3,4)5)63-62(66)56-54-52-50-48-46-44-42-40-38-36-34-31-29-27-25-23-21-19-17-15-13-11-9-7-2/h60-61,65H,6-59H2,1-5H3,(H-,63,66,67,68). The number of amides is 1. The number of aliphatic hydroxyl groups excluding tert-OH is 1. The fourth-order valence-electron chi connectivity index (χ4n) is 10.1. The molecule has 0 aromatic rings. The minimum atomic E-state index is -4.57. The molecule has 3 atom stereocenters. The van der Waals surface area contributed by atoms with Crippen LogP contribution in [0.5, 0.6) is 0 Å². The molecular formula is C62H127N2O6P. The summed E-state index contributed by atoms with van der Waals surface area (Å²) in [5, 5.41) is 14.1. The van der Waals surface area contributed by atoms with Gasteiger partial charge in [0.2, 0.25) is 5.91 Å². The highest BCUT2D eigenvalue weighted by Crippen LogP contribution is 2.38. The Morgan fingerprint density at radius 1 is 0.437 bits per heavy atom. The third kappa shape index (κ3) is 57.1. The lowest BCUT2D eigenvalue weighted by Crippen LogP contribution is -2.46. The molecule has 8 nitrogen and oxygen atoms in total. The van der Waals surface area contributed by atoms with Crippen LogP contribution in [-0.2, 0) is 18.4 Å². The predicted octanol–water partition coefficient (Wildman–Crippen LogP) is 19.0. The summed E-state index contributed by atoms with van der Waals surface area (Å²) < 4.78 is 23.5. The van der Waals surface area contributed by atoms with Gasteiger partial charge in [0.15, 0.2) is 0 Å². The molecule has 0 aromatic heterocycles. The lowest BCUT2D eigenvalue weighted by atomic mass is 10.0. The molecule has 0 saturated heterocycles. The number of hydrogen-bond donors (Lipinski definition) is 2. The molecule has 0 heterocycles. The van der Waals surface area contributed by atoms with Gasteiger partial charge >= 0.3 is 0 Å². The molecular weight excluding hydrogens is 900 g/mol. The van der Waals surface area contributed by atoms with Crippen molar-refractivity contribution in [2.45, 2.75) is 353 Å². The molecule has 71 heavy (non-hydrogen) atoms. The largest absolute Gasteiger partial charge is 0.756 e. The molecule has 0 aromatic carbocycles. The van der Waals surface area contributed by atoms with Gasteiger partial charge in [0, 0.05) is 6.42 Å². The number of carbonyl (C=O) groups is 1. The summed E-state index contributed by atoms with van der Waals surface area (Å²) in [6.45, 7) is 4.79. The van der Waals surface area contributed by atoms with Gasteiger partial charge in [0.1, 0.15) is 13.2 Å². The van der Waals surface area contributed by atoms with E-state index in [1.54, 1.807) is 0 Å². The Bertz CT molecular complexity index is 1120. The van der Waals surface area contributed by atoms with Crippen LogP contribution in [0.1, 0.15) is 341 Å². The monoisotopic (exact) mass is 1030 g/mol. The topological polar surface area (TPSA) is 108 Å². The minimum Gasteiger partial charge on any atom is -0.756 e. The summed E-state index contributed by atoms with van der Waals surface area (Å²) in [4.78, 5) is 25.6. The number of carbonyl (C=O) groups excluding carboxylic acids is 1. The van der Waals surface area contributed by atoms with Crippen LogP contribution in [0.25, 0.3) is 0 Å². The van der Waals surface area contributed by atoms with E-state index in [1.807, 2.05) is 21.1 Å². The van der Waals surface area contributed by atoms with Crippen LogP contribution in [0.2, 0.25) is 0 Å². The van der Waals surface area contributed by atoms with E-state index < -0.39 is 20.0 Å². The Hall–Kier alpha value is -0.500. The van der Waals surface area contributed by atoms with E-state index in [2.05, 4.69) is 19.2 Å². The van der Waals surface area contributed by atoms with E-state index in [4.69, 9.17) is 9.05 Å². The number of hydrogen-bond acceptors (Lipinski definition) is 6. The number of quaternary nitrogens is 1. The van der Waals surface area contributed by atoms with Gasteiger partial charge in [-0.2, -0.15) is 0 Å². The first-order valence-electron chi connectivity index (χ1n) is 31.9. The number of unbranched alkanes of at least 4 members (excludes halogenated alkanes) is 47. The number of rotatable bonds is 60. The van der Waals surface area contributed by atoms with Crippen LogP contribution in [0, 0.1) is 0 Å². The summed E-state index contributed by atoms with van der Waals surface area (Å²) in [7, 11) is 1.33. The number of nitrogens with one attached hydrogen (secondary N) is 1. The lowest BCUT2D eigenvalue weighted by molar-refractivity contribution is -0.870. The van der Waals surface area contributed by atoms with Crippen LogP contribution in [0.15, 0.2) is 0 Å². The molecule has 9 heteroatoms. The van der Waals surface area contributed by atoms with Gasteiger partial charge in [-0.25, -0.2) is 0 Å². The fourth-order valence-corrected chi connectivity index (χ4v) is 10.8. The van der Waals surface area contributed by atoms with Crippen molar-refractivity contribution < 1.29 is 32.9 Å². The maximum absolute atomic E-state index is 13.0. The first kappa shape index (κ1) is 70.5. The van der Waals surface area contributed by atoms with E-state index in [0.717, 1.165) is 38.5 Å². The molecule has 1 amide bonds. The van der Waals surface area contributed by atoms with Crippen molar-refractivity contribution in [1.82, 2.24) is 5.32 Å². The van der Waals surface area contributed by atoms with Crippen molar-refractivity contribution in [2.24, 2.45) is 0 Å². The van der Waals surface area contributed by atoms with Gasteiger partial charge in [0.25, 0.3) is 7.82 Å².